The molecule has 11 heteroatoms. The number of rotatable bonds is 5. The first-order valence-electron chi connectivity index (χ1n) is 11.8. The highest BCUT2D eigenvalue weighted by atomic mass is 19.4. The van der Waals surface area contributed by atoms with Crippen molar-refractivity contribution in [2.24, 2.45) is 13.0 Å². The number of ether oxygens (including phenoxy) is 1. The highest BCUT2D eigenvalue weighted by Crippen LogP contribution is 2.40. The van der Waals surface area contributed by atoms with E-state index in [1.165, 1.54) is 0 Å². The smallest absolute Gasteiger partial charge is 0.434 e. The molecule has 0 spiro atoms. The number of anilines is 1. The quantitative estimate of drug-likeness (QED) is 0.562. The monoisotopic (exact) mass is 500 g/mol. The van der Waals surface area contributed by atoms with Gasteiger partial charge in [-0.05, 0) is 43.7 Å². The SMILES string of the molecule is COc1cccc(-c2c(C)cnn2C)c1C(=O)N1CC2CCC1CC2Nc1cnc(C(F)(F)F)cn1. The maximum atomic E-state index is 14.0. The van der Waals surface area contributed by atoms with Crippen molar-refractivity contribution in [3.63, 3.8) is 0 Å². The fourth-order valence-electron chi connectivity index (χ4n) is 5.48. The van der Waals surface area contributed by atoms with Crippen LogP contribution in [0.3, 0.4) is 0 Å². The first kappa shape index (κ1) is 24.1. The third-order valence-electron chi connectivity index (χ3n) is 7.21. The Morgan fingerprint density at radius 1 is 1.17 bits per heavy atom. The largest absolute Gasteiger partial charge is 0.496 e. The molecule has 1 saturated carbocycles. The molecule has 2 saturated heterocycles. The second-order valence-corrected chi connectivity index (χ2v) is 9.40. The molecular weight excluding hydrogens is 473 g/mol. The molecule has 1 aromatic carbocycles. The molecule has 0 radical (unpaired) electrons. The molecule has 36 heavy (non-hydrogen) atoms. The van der Waals surface area contributed by atoms with Gasteiger partial charge >= 0.3 is 6.18 Å². The van der Waals surface area contributed by atoms with Crippen LogP contribution in [-0.2, 0) is 13.2 Å². The molecule has 3 atom stereocenters. The Labute approximate surface area is 206 Å². The van der Waals surface area contributed by atoms with Crippen LogP contribution in [0.2, 0.25) is 0 Å². The zero-order valence-electron chi connectivity index (χ0n) is 20.2. The lowest BCUT2D eigenvalue weighted by Gasteiger charge is -2.50. The van der Waals surface area contributed by atoms with Crippen molar-refractivity contribution in [1.29, 1.82) is 0 Å². The lowest BCUT2D eigenvalue weighted by Crippen LogP contribution is -2.58. The average Bonchev–Trinajstić information content (AvgIpc) is 3.20. The van der Waals surface area contributed by atoms with E-state index in [9.17, 15) is 18.0 Å². The summed E-state index contributed by atoms with van der Waals surface area (Å²) in [5, 5.41) is 7.58. The Balaban J connectivity index is 1.38. The molecule has 3 unspecified atom stereocenters. The lowest BCUT2D eigenvalue weighted by molar-refractivity contribution is -0.141. The molecule has 2 bridgehead atoms. The molecule has 6 rings (SSSR count). The predicted molar refractivity (Wildman–Crippen MR) is 127 cm³/mol. The van der Waals surface area contributed by atoms with Crippen molar-refractivity contribution in [3.8, 4) is 17.0 Å². The molecular formula is C25H27F3N6O2. The second kappa shape index (κ2) is 9.11. The van der Waals surface area contributed by atoms with E-state index in [1.54, 1.807) is 24.1 Å². The van der Waals surface area contributed by atoms with Gasteiger partial charge in [-0.1, -0.05) is 12.1 Å². The fraction of sp³-hybridized carbons (Fsp3) is 0.440. The van der Waals surface area contributed by atoms with Crippen LogP contribution in [0.1, 0.15) is 40.9 Å². The Morgan fingerprint density at radius 2 is 1.97 bits per heavy atom. The maximum Gasteiger partial charge on any atom is 0.434 e. The van der Waals surface area contributed by atoms with Gasteiger partial charge in [-0.15, -0.1) is 0 Å². The van der Waals surface area contributed by atoms with Crippen LogP contribution < -0.4 is 10.1 Å². The number of benzene rings is 1. The van der Waals surface area contributed by atoms with Crippen molar-refractivity contribution in [1.82, 2.24) is 24.6 Å². The van der Waals surface area contributed by atoms with E-state index < -0.39 is 11.9 Å². The normalized spacial score (nSPS) is 21.5. The highest BCUT2D eigenvalue weighted by Gasteiger charge is 2.44. The number of carbonyl (C=O) groups is 1. The van der Waals surface area contributed by atoms with E-state index in [4.69, 9.17) is 4.74 Å². The number of piperidine rings is 2. The number of fused-ring (bicyclic) bond motifs is 3. The van der Waals surface area contributed by atoms with Gasteiger partial charge in [0, 0.05) is 31.2 Å². The van der Waals surface area contributed by atoms with Crippen LogP contribution in [0.5, 0.6) is 5.75 Å². The number of alkyl halides is 3. The van der Waals surface area contributed by atoms with E-state index in [-0.39, 0.29) is 23.9 Å². The minimum atomic E-state index is -4.53. The molecule has 1 aliphatic carbocycles. The number of aryl methyl sites for hydroxylation is 2. The summed E-state index contributed by atoms with van der Waals surface area (Å²) in [5.74, 6) is 0.858. The summed E-state index contributed by atoms with van der Waals surface area (Å²) < 4.78 is 45.8. The number of nitrogens with one attached hydrogen (secondary N) is 1. The molecule has 3 aromatic rings. The number of nitrogens with zero attached hydrogens (tertiary/aromatic N) is 5. The van der Waals surface area contributed by atoms with Crippen LogP contribution in [0.15, 0.2) is 36.8 Å². The Hall–Kier alpha value is -3.63. The number of aromatic nitrogens is 4. The van der Waals surface area contributed by atoms with Crippen molar-refractivity contribution < 1.29 is 22.7 Å². The number of carbonyl (C=O) groups excluding carboxylic acids is 1. The van der Waals surface area contributed by atoms with Crippen LogP contribution >= 0.6 is 0 Å². The summed E-state index contributed by atoms with van der Waals surface area (Å²) in [5.41, 5.74) is 2.08. The minimum Gasteiger partial charge on any atom is -0.496 e. The zero-order chi connectivity index (χ0) is 25.6. The summed E-state index contributed by atoms with van der Waals surface area (Å²) in [4.78, 5) is 23.3. The molecule has 2 aromatic heterocycles. The molecule has 2 aliphatic heterocycles. The van der Waals surface area contributed by atoms with Crippen LogP contribution in [0.25, 0.3) is 11.3 Å². The molecule has 8 nitrogen and oxygen atoms in total. The van der Waals surface area contributed by atoms with Crippen molar-refractivity contribution >= 4 is 11.7 Å². The number of amides is 1. The van der Waals surface area contributed by atoms with E-state index in [0.29, 0.717) is 30.1 Å². The first-order chi connectivity index (χ1) is 17.2. The maximum absolute atomic E-state index is 14.0. The van der Waals surface area contributed by atoms with Crippen LogP contribution in [0.4, 0.5) is 19.0 Å². The van der Waals surface area contributed by atoms with E-state index in [2.05, 4.69) is 20.4 Å². The molecule has 1 amide bonds. The topological polar surface area (TPSA) is 85.2 Å². The van der Waals surface area contributed by atoms with E-state index in [0.717, 1.165) is 42.1 Å². The predicted octanol–water partition coefficient (Wildman–Crippen LogP) is 4.32. The van der Waals surface area contributed by atoms with Gasteiger partial charge in [0.25, 0.3) is 5.91 Å². The van der Waals surface area contributed by atoms with Gasteiger partial charge in [-0.25, -0.2) is 9.97 Å². The third kappa shape index (κ3) is 4.27. The Kier molecular flexibility index (Phi) is 6.09. The Morgan fingerprint density at radius 3 is 2.56 bits per heavy atom. The number of halogens is 3. The molecule has 4 heterocycles. The second-order valence-electron chi connectivity index (χ2n) is 9.40. The van der Waals surface area contributed by atoms with Gasteiger partial charge < -0.3 is 15.0 Å². The van der Waals surface area contributed by atoms with E-state index in [1.807, 2.05) is 31.0 Å². The Bertz CT molecular complexity index is 1250. The minimum absolute atomic E-state index is 0.00436. The molecule has 3 fully saturated rings. The van der Waals surface area contributed by atoms with Crippen molar-refractivity contribution in [3.05, 3.63) is 53.6 Å². The van der Waals surface area contributed by atoms with Crippen molar-refractivity contribution in [2.75, 3.05) is 19.0 Å². The molecule has 190 valence electrons. The summed E-state index contributed by atoms with van der Waals surface area (Å²) >= 11 is 0. The molecule has 1 N–H and O–H groups in total. The summed E-state index contributed by atoms with van der Waals surface area (Å²) in [7, 11) is 3.40. The summed E-state index contributed by atoms with van der Waals surface area (Å²) in [6, 6.07) is 5.56. The number of methoxy groups -OCH3 is 1. The lowest BCUT2D eigenvalue weighted by atomic mass is 9.75. The van der Waals surface area contributed by atoms with Gasteiger partial charge in [0.15, 0.2) is 5.69 Å². The number of hydrogen-bond acceptors (Lipinski definition) is 6. The van der Waals surface area contributed by atoms with Crippen molar-refractivity contribution in [2.45, 2.75) is 44.4 Å². The van der Waals surface area contributed by atoms with Crippen LogP contribution in [0, 0.1) is 12.8 Å². The van der Waals surface area contributed by atoms with Gasteiger partial charge in [-0.2, -0.15) is 18.3 Å². The zero-order valence-corrected chi connectivity index (χ0v) is 20.2. The number of hydrogen-bond donors (Lipinski definition) is 1. The first-order valence-corrected chi connectivity index (χ1v) is 11.8. The standard InChI is InChI=1S/C25H27F3N6O2/c1-14-10-31-33(2)23(14)17-5-4-6-19(36-3)22(17)24(35)34-13-15-7-8-16(34)9-18(15)32-21-12-29-20(11-30-21)25(26,27)28/h4-6,10-12,15-16,18H,7-9,13H2,1-3H3,(H,30,32). The van der Waals surface area contributed by atoms with Gasteiger partial charge in [0.1, 0.15) is 11.6 Å². The van der Waals surface area contributed by atoms with Crippen LogP contribution in [-0.4, -0.2) is 56.3 Å². The summed E-state index contributed by atoms with van der Waals surface area (Å²) in [6.07, 6.45) is 1.55. The van der Waals surface area contributed by atoms with Gasteiger partial charge in [0.2, 0.25) is 0 Å². The molecule has 3 aliphatic rings. The van der Waals surface area contributed by atoms with Gasteiger partial charge in [-0.3, -0.25) is 9.48 Å². The van der Waals surface area contributed by atoms with Gasteiger partial charge in [0.05, 0.1) is 37.0 Å². The van der Waals surface area contributed by atoms with E-state index >= 15 is 0 Å². The average molecular weight is 501 g/mol. The highest BCUT2D eigenvalue weighted by molar-refractivity contribution is 6.03. The third-order valence-corrected chi connectivity index (χ3v) is 7.21. The fourth-order valence-corrected chi connectivity index (χ4v) is 5.48. The summed E-state index contributed by atoms with van der Waals surface area (Å²) in [6.45, 7) is 2.50.